The molecule has 0 amide bonds. The molecule has 0 bridgehead atoms. The molecule has 3 rings (SSSR count). The molecule has 1 atom stereocenters. The summed E-state index contributed by atoms with van der Waals surface area (Å²) in [4.78, 5) is 2.15. The Bertz CT molecular complexity index is 950. The van der Waals surface area contributed by atoms with Crippen molar-refractivity contribution in [2.24, 2.45) is 0 Å². The molecule has 0 radical (unpaired) electrons. The summed E-state index contributed by atoms with van der Waals surface area (Å²) in [7, 11) is 1.94. The second-order valence-electron chi connectivity index (χ2n) is 7.79. The van der Waals surface area contributed by atoms with Gasteiger partial charge in [0.1, 0.15) is 0 Å². The predicted octanol–water partition coefficient (Wildman–Crippen LogP) is 6.50. The summed E-state index contributed by atoms with van der Waals surface area (Å²) in [5, 5.41) is 15.4. The van der Waals surface area contributed by atoms with Crippen LogP contribution in [-0.2, 0) is 6.54 Å². The monoisotopic (exact) mass is 414 g/mol. The Morgan fingerprint density at radius 2 is 1.65 bits per heavy atom. The number of nitrogens with zero attached hydrogens (tertiary/aromatic N) is 1. The molecule has 0 aliphatic rings. The smallest absolute Gasteiger partial charge is 0.196 e. The minimum absolute atomic E-state index is 0.291. The second kappa shape index (κ2) is 11.2. The van der Waals surface area contributed by atoms with Gasteiger partial charge in [-0.25, -0.2) is 0 Å². The number of nitrogens with one attached hydrogen (secondary N) is 3. The number of benzene rings is 3. The molecule has 3 aromatic carbocycles. The lowest BCUT2D eigenvalue weighted by Crippen LogP contribution is -2.46. The third kappa shape index (κ3) is 5.88. The third-order valence-electron chi connectivity index (χ3n) is 5.63. The fourth-order valence-electron chi connectivity index (χ4n) is 3.91. The van der Waals surface area contributed by atoms with Crippen molar-refractivity contribution in [3.63, 3.8) is 0 Å². The van der Waals surface area contributed by atoms with E-state index < -0.39 is 0 Å². The van der Waals surface area contributed by atoms with E-state index in [2.05, 4.69) is 90.0 Å². The van der Waals surface area contributed by atoms with Crippen molar-refractivity contribution in [1.29, 1.82) is 5.41 Å². The van der Waals surface area contributed by atoms with E-state index in [9.17, 15) is 0 Å². The molecule has 31 heavy (non-hydrogen) atoms. The van der Waals surface area contributed by atoms with Crippen LogP contribution in [0.4, 0.5) is 11.4 Å². The van der Waals surface area contributed by atoms with Gasteiger partial charge in [-0.3, -0.25) is 5.41 Å². The van der Waals surface area contributed by atoms with Gasteiger partial charge < -0.3 is 15.5 Å². The highest BCUT2D eigenvalue weighted by Gasteiger charge is 2.21. The van der Waals surface area contributed by atoms with Crippen molar-refractivity contribution in [2.75, 3.05) is 17.3 Å². The molecule has 0 heterocycles. The van der Waals surface area contributed by atoms with Crippen LogP contribution in [0.25, 0.3) is 11.1 Å². The lowest BCUT2D eigenvalue weighted by atomic mass is 10.0. The van der Waals surface area contributed by atoms with E-state index in [-0.39, 0.29) is 0 Å². The maximum Gasteiger partial charge on any atom is 0.196 e. The van der Waals surface area contributed by atoms with Crippen molar-refractivity contribution >= 4 is 17.3 Å². The van der Waals surface area contributed by atoms with E-state index in [4.69, 9.17) is 5.41 Å². The first-order chi connectivity index (χ1) is 15.2. The van der Waals surface area contributed by atoms with Gasteiger partial charge in [-0.2, -0.15) is 0 Å². The second-order valence-corrected chi connectivity index (χ2v) is 7.79. The normalized spacial score (nSPS) is 11.6. The molecular formula is C27H34N4. The number of anilines is 2. The van der Waals surface area contributed by atoms with E-state index in [0.29, 0.717) is 18.5 Å². The molecule has 0 fully saturated rings. The summed E-state index contributed by atoms with van der Waals surface area (Å²) in [6.45, 7) is 5.06. The van der Waals surface area contributed by atoms with Gasteiger partial charge in [-0.15, -0.1) is 0 Å². The number of hydrogen-bond donors (Lipinski definition) is 3. The number of guanidine groups is 1. The molecule has 3 N–H and O–H groups in total. The minimum Gasteiger partial charge on any atom is -0.388 e. The quantitative estimate of drug-likeness (QED) is 0.276. The predicted molar refractivity (Wildman–Crippen MR) is 134 cm³/mol. The highest BCUT2D eigenvalue weighted by molar-refractivity contribution is 5.94. The fraction of sp³-hybridized carbons (Fsp3) is 0.296. The molecule has 162 valence electrons. The average molecular weight is 415 g/mol. The van der Waals surface area contributed by atoms with Crippen LogP contribution in [0, 0.1) is 5.41 Å². The van der Waals surface area contributed by atoms with Crippen molar-refractivity contribution in [3.8, 4) is 11.1 Å². The first-order valence-electron chi connectivity index (χ1n) is 11.2. The molecule has 0 aliphatic carbocycles. The molecule has 3 aromatic rings. The molecule has 0 aliphatic heterocycles. The van der Waals surface area contributed by atoms with Crippen LogP contribution in [0.15, 0.2) is 78.9 Å². The summed E-state index contributed by atoms with van der Waals surface area (Å²) in [5.41, 5.74) is 5.69. The van der Waals surface area contributed by atoms with Gasteiger partial charge in [0.05, 0.1) is 0 Å². The topological polar surface area (TPSA) is 51.2 Å². The van der Waals surface area contributed by atoms with Crippen LogP contribution < -0.4 is 15.5 Å². The molecule has 0 aromatic heterocycles. The lowest BCUT2D eigenvalue weighted by molar-refractivity contribution is 0.572. The Labute approximate surface area is 186 Å². The van der Waals surface area contributed by atoms with Gasteiger partial charge in [-0.1, -0.05) is 74.9 Å². The van der Waals surface area contributed by atoms with E-state index >= 15 is 0 Å². The van der Waals surface area contributed by atoms with E-state index in [0.717, 1.165) is 30.6 Å². The van der Waals surface area contributed by atoms with Crippen molar-refractivity contribution < 1.29 is 0 Å². The first-order valence-corrected chi connectivity index (χ1v) is 11.2. The lowest BCUT2D eigenvalue weighted by Gasteiger charge is -2.33. The third-order valence-corrected chi connectivity index (χ3v) is 5.63. The maximum absolute atomic E-state index is 8.82. The van der Waals surface area contributed by atoms with Crippen LogP contribution >= 0.6 is 0 Å². The molecule has 0 spiro atoms. The molecule has 0 unspecified atom stereocenters. The molecule has 4 heteroatoms. The van der Waals surface area contributed by atoms with Crippen molar-refractivity contribution in [2.45, 2.75) is 45.7 Å². The molecule has 4 nitrogen and oxygen atoms in total. The summed E-state index contributed by atoms with van der Waals surface area (Å²) in [5.74, 6) is 0.453. The maximum atomic E-state index is 8.82. The number of hydrogen-bond acceptors (Lipinski definition) is 2. The Morgan fingerprint density at radius 3 is 2.29 bits per heavy atom. The Balaban J connectivity index is 1.83. The number of rotatable bonds is 9. The first kappa shape index (κ1) is 22.4. The van der Waals surface area contributed by atoms with Gasteiger partial charge in [0, 0.05) is 31.0 Å². The largest absolute Gasteiger partial charge is 0.388 e. The van der Waals surface area contributed by atoms with Crippen LogP contribution in [-0.4, -0.2) is 19.0 Å². The van der Waals surface area contributed by atoms with E-state index in [1.807, 2.05) is 25.2 Å². The van der Waals surface area contributed by atoms with Crippen molar-refractivity contribution in [1.82, 2.24) is 5.32 Å². The SMILES string of the molecule is CCC[C@H](CC)N(C(=N)NCc1ccccc1)c1ccc(-c2cccc(NC)c2)cc1. The standard InChI is InChI=1S/C27H34N4/c1-4-10-25(5-2)31(27(28)30-20-21-11-7-6-8-12-21)26-17-15-22(16-18-26)23-13-9-14-24(19-23)29-3/h6-9,11-19,25,29H,4-5,10,20H2,1-3H3,(H2,28,30)/t25-/m0/s1. The van der Waals surface area contributed by atoms with Crippen molar-refractivity contribution in [3.05, 3.63) is 84.4 Å². The minimum atomic E-state index is 0.291. The highest BCUT2D eigenvalue weighted by atomic mass is 15.3. The van der Waals surface area contributed by atoms with Crippen LogP contribution in [0.5, 0.6) is 0 Å². The summed E-state index contributed by atoms with van der Waals surface area (Å²) < 4.78 is 0. The van der Waals surface area contributed by atoms with Crippen LogP contribution in [0.1, 0.15) is 38.7 Å². The van der Waals surface area contributed by atoms with Crippen LogP contribution in [0.2, 0.25) is 0 Å². The van der Waals surface area contributed by atoms with E-state index in [1.54, 1.807) is 0 Å². The zero-order valence-corrected chi connectivity index (χ0v) is 18.9. The Kier molecular flexibility index (Phi) is 8.11. The summed E-state index contributed by atoms with van der Waals surface area (Å²) in [6.07, 6.45) is 3.14. The fourth-order valence-corrected chi connectivity index (χ4v) is 3.91. The Morgan fingerprint density at radius 1 is 0.903 bits per heavy atom. The summed E-state index contributed by atoms with van der Waals surface area (Å²) in [6, 6.07) is 27.5. The van der Waals surface area contributed by atoms with Gasteiger partial charge in [0.2, 0.25) is 0 Å². The Hall–Kier alpha value is -3.27. The van der Waals surface area contributed by atoms with Gasteiger partial charge in [-0.05, 0) is 53.8 Å². The highest BCUT2D eigenvalue weighted by Crippen LogP contribution is 2.27. The molecular weight excluding hydrogens is 380 g/mol. The van der Waals surface area contributed by atoms with E-state index in [1.165, 1.54) is 16.7 Å². The van der Waals surface area contributed by atoms with Gasteiger partial charge in [0.15, 0.2) is 5.96 Å². The molecule has 0 saturated carbocycles. The summed E-state index contributed by atoms with van der Waals surface area (Å²) >= 11 is 0. The molecule has 0 saturated heterocycles. The zero-order valence-electron chi connectivity index (χ0n) is 18.9. The van der Waals surface area contributed by atoms with Crippen LogP contribution in [0.3, 0.4) is 0 Å². The van der Waals surface area contributed by atoms with Gasteiger partial charge in [0.25, 0.3) is 0 Å². The average Bonchev–Trinajstić information content (AvgIpc) is 2.83. The van der Waals surface area contributed by atoms with Gasteiger partial charge >= 0.3 is 0 Å². The zero-order chi connectivity index (χ0) is 22.1.